The normalized spacial score (nSPS) is 34.7. The predicted molar refractivity (Wildman–Crippen MR) is 287 cm³/mol. The zero-order valence-electron chi connectivity index (χ0n) is 42.0. The summed E-state index contributed by atoms with van der Waals surface area (Å²) in [5, 5.41) is 88.3. The van der Waals surface area contributed by atoms with E-state index in [9.17, 15) is 35.7 Å². The number of H-pyrrole nitrogens is 1. The van der Waals surface area contributed by atoms with Gasteiger partial charge in [0.1, 0.15) is 11.9 Å². The van der Waals surface area contributed by atoms with E-state index in [0.717, 1.165) is 53.7 Å². The van der Waals surface area contributed by atoms with Gasteiger partial charge in [-0.25, -0.2) is 0 Å². The highest BCUT2D eigenvalue weighted by atomic mass is 33.1. The van der Waals surface area contributed by atoms with E-state index in [2.05, 4.69) is 76.9 Å². The Morgan fingerprint density at radius 3 is 2.54 bits per heavy atom. The lowest BCUT2D eigenvalue weighted by molar-refractivity contribution is -0.0214. The van der Waals surface area contributed by atoms with Crippen LogP contribution in [0.2, 0.25) is 0 Å². The lowest BCUT2D eigenvalue weighted by atomic mass is 9.59. The number of hydrogen-bond acceptors (Lipinski definition) is 13. The quantitative estimate of drug-likeness (QED) is 0.0541. The molecule has 0 bridgehead atoms. The van der Waals surface area contributed by atoms with Crippen molar-refractivity contribution in [3.8, 4) is 23.3 Å². The number of aliphatic hydroxyl groups is 6. The summed E-state index contributed by atoms with van der Waals surface area (Å²) in [6, 6.07) is 18.3. The average Bonchev–Trinajstić information content (AvgIpc) is 3.84. The van der Waals surface area contributed by atoms with Crippen LogP contribution >= 0.6 is 21.6 Å². The minimum atomic E-state index is -1.07. The summed E-state index contributed by atoms with van der Waals surface area (Å²) < 4.78 is 6.94. The van der Waals surface area contributed by atoms with Crippen LogP contribution in [-0.4, -0.2) is 115 Å². The zero-order valence-corrected chi connectivity index (χ0v) is 43.6. The monoisotopic (exact) mass is 1020 g/mol. The van der Waals surface area contributed by atoms with Gasteiger partial charge in [-0.05, 0) is 148 Å². The van der Waals surface area contributed by atoms with Gasteiger partial charge in [0.15, 0.2) is 11.5 Å². The van der Waals surface area contributed by atoms with Crippen LogP contribution in [0.25, 0.3) is 0 Å². The largest absolute Gasteiger partial charge is 0.504 e. The van der Waals surface area contributed by atoms with Crippen LogP contribution < -0.4 is 21.1 Å². The Balaban J connectivity index is 1.10. The molecule has 12 N–H and O–H groups in total. The summed E-state index contributed by atoms with van der Waals surface area (Å²) in [7, 11) is 3.25. The van der Waals surface area contributed by atoms with Gasteiger partial charge in [0.2, 0.25) is 0 Å². The Bertz CT molecular complexity index is 2460. The maximum atomic E-state index is 12.6. The summed E-state index contributed by atoms with van der Waals surface area (Å²) in [5.41, 5.74) is 13.6. The van der Waals surface area contributed by atoms with E-state index in [-0.39, 0.29) is 60.3 Å². The second kappa shape index (κ2) is 23.8. The van der Waals surface area contributed by atoms with E-state index >= 15 is 0 Å². The number of ether oxygens (including phenoxy) is 1. The number of hydrogen-bond donors (Lipinski definition) is 11. The second-order valence-electron chi connectivity index (χ2n) is 21.9. The maximum Gasteiger partial charge on any atom is 0.161 e. The van der Waals surface area contributed by atoms with Crippen molar-refractivity contribution < 1.29 is 40.5 Å². The van der Waals surface area contributed by atoms with Crippen molar-refractivity contribution in [1.82, 2.24) is 15.6 Å². The summed E-state index contributed by atoms with van der Waals surface area (Å²) in [4.78, 5) is 3.37. The number of dihydropyridines is 1. The number of fused-ring (bicyclic) bond motifs is 5. The van der Waals surface area contributed by atoms with Crippen molar-refractivity contribution in [2.45, 2.75) is 133 Å². The number of aromatic amines is 1. The van der Waals surface area contributed by atoms with Crippen molar-refractivity contribution in [3.05, 3.63) is 118 Å². The maximum absolute atomic E-state index is 12.6. The van der Waals surface area contributed by atoms with Gasteiger partial charge < -0.3 is 61.8 Å². The molecule has 14 heteroatoms. The van der Waals surface area contributed by atoms with E-state index < -0.39 is 53.7 Å². The third kappa shape index (κ3) is 11.7. The third-order valence-corrected chi connectivity index (χ3v) is 19.7. The van der Waals surface area contributed by atoms with Crippen molar-refractivity contribution >= 4 is 21.6 Å². The number of aromatic hydroxyl groups is 1. The molecule has 72 heavy (non-hydrogen) atoms. The number of phenolic OH excluding ortho intramolecular Hbond substituents is 1. The minimum Gasteiger partial charge on any atom is -0.504 e. The lowest BCUT2D eigenvalue weighted by Crippen LogP contribution is -2.46. The Labute approximate surface area is 434 Å². The molecule has 15 atom stereocenters. The molecule has 2 aliphatic heterocycles. The molecule has 15 unspecified atom stereocenters. The summed E-state index contributed by atoms with van der Waals surface area (Å²) >= 11 is 0. The fourth-order valence-corrected chi connectivity index (χ4v) is 15.8. The summed E-state index contributed by atoms with van der Waals surface area (Å²) in [5.74, 6) is 8.02. The Morgan fingerprint density at radius 2 is 1.79 bits per heavy atom. The van der Waals surface area contributed by atoms with Crippen LogP contribution in [0.5, 0.6) is 11.5 Å². The van der Waals surface area contributed by atoms with Crippen molar-refractivity contribution in [3.63, 3.8) is 0 Å². The average molecular weight is 1020 g/mol. The van der Waals surface area contributed by atoms with Crippen LogP contribution in [0.15, 0.2) is 95.5 Å². The molecule has 2 aromatic carbocycles. The molecule has 1 aromatic heterocycles. The highest BCUT2D eigenvalue weighted by Crippen LogP contribution is 2.53. The molecule has 1 saturated heterocycles. The van der Waals surface area contributed by atoms with Crippen LogP contribution in [0, 0.1) is 52.8 Å². The minimum absolute atomic E-state index is 0.0137. The topological polar surface area (TPSA) is 217 Å². The number of nitrogens with two attached hydrogens (primary N) is 1. The molecule has 6 aliphatic rings. The number of rotatable bonds is 11. The van der Waals surface area contributed by atoms with Crippen LogP contribution in [0.3, 0.4) is 0 Å². The molecule has 4 aliphatic carbocycles. The van der Waals surface area contributed by atoms with Crippen LogP contribution in [0.1, 0.15) is 106 Å². The molecule has 0 amide bonds. The molecular formula is C58H78N4O8S2. The molecule has 1 spiro atoms. The lowest BCUT2D eigenvalue weighted by Gasteiger charge is -2.46. The van der Waals surface area contributed by atoms with Gasteiger partial charge in [-0.15, -0.1) is 0 Å². The smallest absolute Gasteiger partial charge is 0.161 e. The SMILES string of the molecule is CCC1Cc2cc(O)c(OC3CC(Cc4ccc[nH]4)C4=CCNC(N)=C4CSSCC(CO)C3O)cc2C2CC(O)C3C(C#CC4(CC(NCC(C)O)CCC3O)CC(c3ccccc3)CCC4CO)C=C12. The van der Waals surface area contributed by atoms with Gasteiger partial charge in [0.05, 0.1) is 24.4 Å². The Morgan fingerprint density at radius 1 is 0.958 bits per heavy atom. The highest BCUT2D eigenvalue weighted by Gasteiger charge is 2.47. The molecule has 1 saturated carbocycles. The molecule has 0 radical (unpaired) electrons. The first-order valence-corrected chi connectivity index (χ1v) is 29.2. The van der Waals surface area contributed by atoms with Gasteiger partial charge in [-0.1, -0.05) is 88.4 Å². The Hall–Kier alpha value is -3.88. The molecule has 390 valence electrons. The van der Waals surface area contributed by atoms with E-state index in [1.54, 1.807) is 34.6 Å². The predicted octanol–water partition coefficient (Wildman–Crippen LogP) is 6.82. The molecular weight excluding hydrogens is 945 g/mol. The van der Waals surface area contributed by atoms with Gasteiger partial charge in [0, 0.05) is 90.4 Å². The summed E-state index contributed by atoms with van der Waals surface area (Å²) in [6.07, 6.45) is 9.27. The molecule has 2 fully saturated rings. The van der Waals surface area contributed by atoms with Crippen molar-refractivity contribution in [2.75, 3.05) is 37.8 Å². The van der Waals surface area contributed by atoms with Gasteiger partial charge in [0.25, 0.3) is 0 Å². The van der Waals surface area contributed by atoms with E-state index in [1.165, 1.54) is 11.1 Å². The molecule has 12 nitrogen and oxygen atoms in total. The van der Waals surface area contributed by atoms with Gasteiger partial charge in [-0.2, -0.15) is 0 Å². The van der Waals surface area contributed by atoms with Crippen LogP contribution in [-0.2, 0) is 12.8 Å². The molecule has 3 heterocycles. The highest BCUT2D eigenvalue weighted by molar-refractivity contribution is 8.76. The van der Waals surface area contributed by atoms with E-state index in [0.29, 0.717) is 75.4 Å². The van der Waals surface area contributed by atoms with Gasteiger partial charge >= 0.3 is 0 Å². The van der Waals surface area contributed by atoms with E-state index in [4.69, 9.17) is 10.5 Å². The number of aliphatic hydroxyl groups excluding tert-OH is 6. The van der Waals surface area contributed by atoms with Crippen molar-refractivity contribution in [1.29, 1.82) is 0 Å². The Kier molecular flexibility index (Phi) is 17.5. The fourth-order valence-electron chi connectivity index (χ4n) is 13.3. The summed E-state index contributed by atoms with van der Waals surface area (Å²) in [6.45, 7) is 4.70. The van der Waals surface area contributed by atoms with Crippen molar-refractivity contribution in [2.24, 2.45) is 46.7 Å². The fraction of sp³-hybridized carbons (Fsp3) is 0.586. The first kappa shape index (κ1) is 53.0. The van der Waals surface area contributed by atoms with E-state index in [1.807, 2.05) is 24.4 Å². The second-order valence-corrected chi connectivity index (χ2v) is 24.4. The number of benzene rings is 2. The van der Waals surface area contributed by atoms with Gasteiger partial charge in [-0.3, -0.25) is 0 Å². The zero-order chi connectivity index (χ0) is 50.5. The van der Waals surface area contributed by atoms with Crippen LogP contribution in [0.4, 0.5) is 0 Å². The molecule has 3 aromatic rings. The first-order valence-electron chi connectivity index (χ1n) is 26.7. The first-order chi connectivity index (χ1) is 34.9. The number of aromatic nitrogens is 1. The number of nitrogens with one attached hydrogen (secondary N) is 3. The molecule has 9 rings (SSSR count). The number of allylic oxidation sites excluding steroid dienone is 3. The third-order valence-electron chi connectivity index (χ3n) is 17.3. The number of phenols is 1. The standard InChI is InChI=1S/C58H78N4O8S2/c1-3-35-20-39-23-51(67)53(70-54-24-40(21-43-10-7-18-60-43)45-16-19-61-57(59)49(45)33-72-71-32-41(30-63)56(54)69)26-47(39)48-25-52(68)55-37(22-46(35)48)15-17-58(28-44(13-14-50(55)66)62-29-34(2)65)27-38(11-12-42(58)31-64)36-8-5-4-6-9-36/h4-10,16,18,22-23,26,34-35,37-38,40-42,44,48,50,52,54-56,60-69H,3,11-14,19-21,24-25,27-33,59H2,1-2H3.